The molecular weight excluding hydrogens is 387 g/mol. The molecule has 2 atom stereocenters. The lowest BCUT2D eigenvalue weighted by atomic mass is 10.0. The fourth-order valence-corrected chi connectivity index (χ4v) is 3.82. The minimum Gasteiger partial charge on any atom is -0.377 e. The van der Waals surface area contributed by atoms with Gasteiger partial charge in [-0.15, -0.1) is 0 Å². The van der Waals surface area contributed by atoms with Crippen molar-refractivity contribution >= 4 is 11.7 Å². The van der Waals surface area contributed by atoms with Gasteiger partial charge >= 0.3 is 6.18 Å². The summed E-state index contributed by atoms with van der Waals surface area (Å²) >= 11 is 0. The third kappa shape index (κ3) is 5.03. The number of alkyl halides is 3. The van der Waals surface area contributed by atoms with Gasteiger partial charge in [-0.05, 0) is 26.7 Å². The standard InChI is InChI=1S/C19H30F3N5O2/c1-4-14-11-16(19(20,21)22)27-17(24-14)15(12-23-27)18(28)26-7-5-25(6-8-26)9-10-29-13(2)3/h12-14,16,24H,4-11H2,1-3H3/t14-,16-/m0/s1. The maximum Gasteiger partial charge on any atom is 0.410 e. The number of fused-ring (bicyclic) bond motifs is 1. The van der Waals surface area contributed by atoms with E-state index in [9.17, 15) is 18.0 Å². The number of rotatable bonds is 6. The lowest BCUT2D eigenvalue weighted by molar-refractivity contribution is -0.173. The number of aromatic nitrogens is 2. The first-order chi connectivity index (χ1) is 13.7. The van der Waals surface area contributed by atoms with E-state index in [-0.39, 0.29) is 35.9 Å². The Balaban J connectivity index is 1.66. The third-order valence-electron chi connectivity index (χ3n) is 5.56. The molecule has 1 saturated heterocycles. The van der Waals surface area contributed by atoms with Crippen LogP contribution in [0.4, 0.5) is 19.0 Å². The smallest absolute Gasteiger partial charge is 0.377 e. The van der Waals surface area contributed by atoms with Gasteiger partial charge in [0, 0.05) is 38.8 Å². The molecule has 1 fully saturated rings. The molecule has 1 amide bonds. The highest BCUT2D eigenvalue weighted by Gasteiger charge is 2.47. The van der Waals surface area contributed by atoms with Crippen molar-refractivity contribution in [2.45, 2.75) is 58.0 Å². The van der Waals surface area contributed by atoms with Crippen LogP contribution in [-0.4, -0.2) is 83.1 Å². The Morgan fingerprint density at radius 1 is 1.31 bits per heavy atom. The fourth-order valence-electron chi connectivity index (χ4n) is 3.82. The highest BCUT2D eigenvalue weighted by Crippen LogP contribution is 2.40. The lowest BCUT2D eigenvalue weighted by Crippen LogP contribution is -2.49. The zero-order valence-electron chi connectivity index (χ0n) is 17.2. The van der Waals surface area contributed by atoms with Gasteiger partial charge in [-0.25, -0.2) is 4.68 Å². The monoisotopic (exact) mass is 417 g/mol. The van der Waals surface area contributed by atoms with Gasteiger partial charge in [0.15, 0.2) is 6.04 Å². The van der Waals surface area contributed by atoms with Gasteiger partial charge in [-0.2, -0.15) is 18.3 Å². The lowest BCUT2D eigenvalue weighted by Gasteiger charge is -2.36. The quantitative estimate of drug-likeness (QED) is 0.771. The van der Waals surface area contributed by atoms with Gasteiger partial charge in [-0.3, -0.25) is 9.69 Å². The number of anilines is 1. The number of nitrogens with one attached hydrogen (secondary N) is 1. The number of hydrogen-bond donors (Lipinski definition) is 1. The van der Waals surface area contributed by atoms with Crippen molar-refractivity contribution in [2.24, 2.45) is 0 Å². The van der Waals surface area contributed by atoms with Crippen LogP contribution in [0.3, 0.4) is 0 Å². The molecule has 0 aromatic carbocycles. The van der Waals surface area contributed by atoms with Crippen LogP contribution in [0.1, 0.15) is 50.0 Å². The van der Waals surface area contributed by atoms with Crippen LogP contribution in [0.5, 0.6) is 0 Å². The molecule has 0 bridgehead atoms. The van der Waals surface area contributed by atoms with E-state index in [0.29, 0.717) is 39.2 Å². The predicted octanol–water partition coefficient (Wildman–Crippen LogP) is 2.76. The van der Waals surface area contributed by atoms with Gasteiger partial charge in [0.05, 0.1) is 18.9 Å². The Morgan fingerprint density at radius 3 is 2.59 bits per heavy atom. The number of carbonyl (C=O) groups excluding carboxylic acids is 1. The van der Waals surface area contributed by atoms with Crippen molar-refractivity contribution in [1.29, 1.82) is 0 Å². The number of carbonyl (C=O) groups is 1. The molecule has 2 aliphatic rings. The van der Waals surface area contributed by atoms with Crippen LogP contribution in [0.15, 0.2) is 6.20 Å². The Bertz CT molecular complexity index is 699. The molecule has 1 aromatic heterocycles. The van der Waals surface area contributed by atoms with E-state index in [1.807, 2.05) is 20.8 Å². The minimum absolute atomic E-state index is 0.0839. The zero-order chi connectivity index (χ0) is 21.2. The zero-order valence-corrected chi connectivity index (χ0v) is 17.2. The van der Waals surface area contributed by atoms with Crippen molar-refractivity contribution in [2.75, 3.05) is 44.6 Å². The second-order valence-corrected chi connectivity index (χ2v) is 7.95. The van der Waals surface area contributed by atoms with Crippen molar-refractivity contribution in [3.05, 3.63) is 11.8 Å². The van der Waals surface area contributed by atoms with E-state index < -0.39 is 12.2 Å². The molecule has 3 heterocycles. The van der Waals surface area contributed by atoms with Crippen LogP contribution in [0, 0.1) is 0 Å². The van der Waals surface area contributed by atoms with Gasteiger partial charge in [0.25, 0.3) is 5.91 Å². The highest BCUT2D eigenvalue weighted by molar-refractivity contribution is 5.99. The summed E-state index contributed by atoms with van der Waals surface area (Å²) in [7, 11) is 0. The summed E-state index contributed by atoms with van der Waals surface area (Å²) in [6, 6.07) is -2.04. The van der Waals surface area contributed by atoms with E-state index in [2.05, 4.69) is 15.3 Å². The Morgan fingerprint density at radius 2 is 2.00 bits per heavy atom. The SMILES string of the molecule is CC[C@H]1C[C@@H](C(F)(F)F)n2ncc(C(=O)N3CCN(CCOC(C)C)CC3)c2N1. The first kappa shape index (κ1) is 21.9. The summed E-state index contributed by atoms with van der Waals surface area (Å²) in [6.45, 7) is 9.75. The molecule has 2 aliphatic heterocycles. The molecular formula is C19H30F3N5O2. The van der Waals surface area contributed by atoms with E-state index in [1.54, 1.807) is 4.90 Å². The molecule has 29 heavy (non-hydrogen) atoms. The fraction of sp³-hybridized carbons (Fsp3) is 0.789. The van der Waals surface area contributed by atoms with Gasteiger partial charge < -0.3 is 15.0 Å². The molecule has 3 rings (SSSR count). The molecule has 0 radical (unpaired) electrons. The molecule has 0 unspecified atom stereocenters. The Kier molecular flexibility index (Phi) is 6.72. The largest absolute Gasteiger partial charge is 0.410 e. The average Bonchev–Trinajstić information content (AvgIpc) is 3.09. The molecule has 1 N–H and O–H groups in total. The molecule has 164 valence electrons. The molecule has 0 aliphatic carbocycles. The summed E-state index contributed by atoms with van der Waals surface area (Å²) in [4.78, 5) is 16.9. The van der Waals surface area contributed by atoms with E-state index >= 15 is 0 Å². The van der Waals surface area contributed by atoms with Crippen LogP contribution in [-0.2, 0) is 4.74 Å². The van der Waals surface area contributed by atoms with Crippen LogP contribution < -0.4 is 5.32 Å². The summed E-state index contributed by atoms with van der Waals surface area (Å²) in [5, 5.41) is 7.01. The maximum absolute atomic E-state index is 13.5. The summed E-state index contributed by atoms with van der Waals surface area (Å²) in [5.74, 6) is -0.0855. The van der Waals surface area contributed by atoms with Crippen molar-refractivity contribution < 1.29 is 22.7 Å². The maximum atomic E-state index is 13.5. The average molecular weight is 417 g/mol. The third-order valence-corrected chi connectivity index (χ3v) is 5.56. The normalized spacial score (nSPS) is 23.2. The summed E-state index contributed by atoms with van der Waals surface area (Å²) in [6.07, 6.45) is -2.49. The molecule has 0 spiro atoms. The number of piperazine rings is 1. The topological polar surface area (TPSA) is 62.6 Å². The van der Waals surface area contributed by atoms with Crippen LogP contribution >= 0.6 is 0 Å². The first-order valence-electron chi connectivity index (χ1n) is 10.2. The predicted molar refractivity (Wildman–Crippen MR) is 103 cm³/mol. The second kappa shape index (κ2) is 8.91. The number of hydrogen-bond acceptors (Lipinski definition) is 5. The van der Waals surface area contributed by atoms with Crippen LogP contribution in [0.2, 0.25) is 0 Å². The summed E-state index contributed by atoms with van der Waals surface area (Å²) in [5.41, 5.74) is 0.217. The van der Waals surface area contributed by atoms with E-state index in [0.717, 1.165) is 11.2 Å². The van der Waals surface area contributed by atoms with Gasteiger partial charge in [0.1, 0.15) is 11.4 Å². The van der Waals surface area contributed by atoms with E-state index in [4.69, 9.17) is 4.74 Å². The first-order valence-corrected chi connectivity index (χ1v) is 10.2. The van der Waals surface area contributed by atoms with Crippen LogP contribution in [0.25, 0.3) is 0 Å². The minimum atomic E-state index is -4.40. The molecule has 7 nitrogen and oxygen atoms in total. The highest BCUT2D eigenvalue weighted by atomic mass is 19.4. The van der Waals surface area contributed by atoms with Crippen molar-refractivity contribution in [3.8, 4) is 0 Å². The van der Waals surface area contributed by atoms with Gasteiger partial charge in [-0.1, -0.05) is 6.92 Å². The van der Waals surface area contributed by atoms with Crippen molar-refractivity contribution in [3.63, 3.8) is 0 Å². The van der Waals surface area contributed by atoms with Crippen molar-refractivity contribution in [1.82, 2.24) is 19.6 Å². The Labute approximate surface area is 169 Å². The van der Waals surface area contributed by atoms with E-state index in [1.165, 1.54) is 6.20 Å². The molecule has 1 aromatic rings. The number of nitrogens with zero attached hydrogens (tertiary/aromatic N) is 4. The summed E-state index contributed by atoms with van der Waals surface area (Å²) < 4.78 is 47.0. The number of ether oxygens (including phenoxy) is 1. The molecule has 0 saturated carbocycles. The second-order valence-electron chi connectivity index (χ2n) is 7.95. The Hall–Kier alpha value is -1.81. The molecule has 10 heteroatoms. The van der Waals surface area contributed by atoms with Gasteiger partial charge in [0.2, 0.25) is 0 Å². The number of amides is 1. The number of halogens is 3.